The quantitative estimate of drug-likeness (QED) is 0.866. The topological polar surface area (TPSA) is 46.2 Å². The lowest BCUT2D eigenvalue weighted by molar-refractivity contribution is 0.465. The summed E-state index contributed by atoms with van der Waals surface area (Å²) in [6.45, 7) is 1.94. The van der Waals surface area contributed by atoms with Crippen LogP contribution >= 0.6 is 23.7 Å². The van der Waals surface area contributed by atoms with Gasteiger partial charge in [-0.1, -0.05) is 12.1 Å². The molecule has 2 rings (SSSR count). The minimum Gasteiger partial charge on any atom is -0.508 e. The highest BCUT2D eigenvalue weighted by atomic mass is 35.5. The van der Waals surface area contributed by atoms with Gasteiger partial charge in [-0.15, -0.1) is 12.4 Å². The molecular weight excluding hydrogens is 242 g/mol. The molecule has 0 amide bonds. The highest BCUT2D eigenvalue weighted by molar-refractivity contribution is 7.08. The number of halogens is 1. The third-order valence-electron chi connectivity index (χ3n) is 2.42. The minimum absolute atomic E-state index is 0. The number of aromatic hydroxyl groups is 1. The van der Waals surface area contributed by atoms with Crippen LogP contribution in [0.2, 0.25) is 0 Å². The molecule has 1 aromatic heterocycles. The van der Waals surface area contributed by atoms with Crippen LogP contribution in [0.1, 0.15) is 22.7 Å². The van der Waals surface area contributed by atoms with E-state index in [9.17, 15) is 5.11 Å². The fourth-order valence-corrected chi connectivity index (χ4v) is 2.24. The van der Waals surface area contributed by atoms with Crippen LogP contribution in [0.3, 0.4) is 0 Å². The number of thiophene rings is 1. The first-order chi connectivity index (χ1) is 7.18. The van der Waals surface area contributed by atoms with Crippen molar-refractivity contribution < 1.29 is 5.11 Å². The van der Waals surface area contributed by atoms with E-state index in [-0.39, 0.29) is 24.2 Å². The first-order valence-electron chi connectivity index (χ1n) is 4.75. The zero-order chi connectivity index (χ0) is 10.8. The third-order valence-corrected chi connectivity index (χ3v) is 3.12. The van der Waals surface area contributed by atoms with Gasteiger partial charge < -0.3 is 10.8 Å². The van der Waals surface area contributed by atoms with Crippen molar-refractivity contribution in [2.45, 2.75) is 13.0 Å². The fourth-order valence-electron chi connectivity index (χ4n) is 1.55. The monoisotopic (exact) mass is 255 g/mol. The average molecular weight is 256 g/mol. The maximum atomic E-state index is 9.78. The van der Waals surface area contributed by atoms with Gasteiger partial charge in [0.05, 0.1) is 6.04 Å². The molecule has 0 saturated carbocycles. The largest absolute Gasteiger partial charge is 0.508 e. The summed E-state index contributed by atoms with van der Waals surface area (Å²) in [5.74, 6) is 0.272. The number of nitrogens with two attached hydrogens (primary N) is 1. The van der Waals surface area contributed by atoms with Crippen molar-refractivity contribution >= 4 is 23.7 Å². The highest BCUT2D eigenvalue weighted by Gasteiger charge is 2.12. The lowest BCUT2D eigenvalue weighted by Crippen LogP contribution is -2.10. The Morgan fingerprint density at radius 2 is 2.06 bits per heavy atom. The van der Waals surface area contributed by atoms with E-state index < -0.39 is 0 Å². The number of phenols is 1. The molecule has 2 aromatic rings. The Balaban J connectivity index is 0.00000128. The van der Waals surface area contributed by atoms with E-state index in [1.165, 1.54) is 0 Å². The Morgan fingerprint density at radius 3 is 2.62 bits per heavy atom. The number of hydrogen-bond acceptors (Lipinski definition) is 3. The van der Waals surface area contributed by atoms with Crippen molar-refractivity contribution in [1.29, 1.82) is 0 Å². The molecule has 0 aliphatic heterocycles. The molecule has 4 heteroatoms. The predicted molar refractivity (Wildman–Crippen MR) is 70.4 cm³/mol. The van der Waals surface area contributed by atoms with Gasteiger partial charge in [-0.25, -0.2) is 0 Å². The van der Waals surface area contributed by atoms with Crippen LogP contribution < -0.4 is 5.73 Å². The molecule has 0 unspecified atom stereocenters. The van der Waals surface area contributed by atoms with Gasteiger partial charge >= 0.3 is 0 Å². The van der Waals surface area contributed by atoms with Gasteiger partial charge in [0, 0.05) is 5.56 Å². The van der Waals surface area contributed by atoms with Gasteiger partial charge in [-0.05, 0) is 40.9 Å². The van der Waals surface area contributed by atoms with Crippen LogP contribution in [0.5, 0.6) is 5.75 Å². The fraction of sp³-hybridized carbons (Fsp3) is 0.167. The Kier molecular flexibility index (Phi) is 4.35. The molecule has 0 aliphatic rings. The minimum atomic E-state index is -0.239. The van der Waals surface area contributed by atoms with Crippen molar-refractivity contribution in [1.82, 2.24) is 0 Å². The molecule has 1 heterocycles. The summed E-state index contributed by atoms with van der Waals surface area (Å²) in [6, 6.07) is 7.32. The smallest absolute Gasteiger partial charge is 0.120 e. The third kappa shape index (κ3) is 2.55. The zero-order valence-corrected chi connectivity index (χ0v) is 10.5. The molecule has 0 aliphatic carbocycles. The van der Waals surface area contributed by atoms with Crippen LogP contribution in [0.25, 0.3) is 0 Å². The number of hydrogen-bond donors (Lipinski definition) is 2. The Labute approximate surface area is 105 Å². The van der Waals surface area contributed by atoms with E-state index >= 15 is 0 Å². The van der Waals surface area contributed by atoms with Gasteiger partial charge in [-0.3, -0.25) is 0 Å². The SMILES string of the molecule is Cc1ccc([C@@H](N)c2ccsc2)c(O)c1.Cl. The van der Waals surface area contributed by atoms with Gasteiger partial charge in [0.1, 0.15) is 5.75 Å². The van der Waals surface area contributed by atoms with Crippen LogP contribution in [0.15, 0.2) is 35.0 Å². The van der Waals surface area contributed by atoms with Gasteiger partial charge in [0.25, 0.3) is 0 Å². The van der Waals surface area contributed by atoms with Crippen molar-refractivity contribution in [2.75, 3.05) is 0 Å². The van der Waals surface area contributed by atoms with E-state index in [1.807, 2.05) is 35.9 Å². The molecular formula is C12H14ClNOS. The van der Waals surface area contributed by atoms with Crippen LogP contribution in [-0.2, 0) is 0 Å². The lowest BCUT2D eigenvalue weighted by Gasteiger charge is -2.12. The molecule has 86 valence electrons. The summed E-state index contributed by atoms with van der Waals surface area (Å²) in [5, 5.41) is 13.8. The number of rotatable bonds is 2. The number of aryl methyl sites for hydroxylation is 1. The summed E-state index contributed by atoms with van der Waals surface area (Å²) >= 11 is 1.61. The van der Waals surface area contributed by atoms with E-state index in [0.717, 1.165) is 16.7 Å². The molecule has 1 aromatic carbocycles. The van der Waals surface area contributed by atoms with Crippen molar-refractivity contribution in [3.8, 4) is 5.75 Å². The molecule has 0 bridgehead atoms. The Hall–Kier alpha value is -1.03. The molecule has 1 atom stereocenters. The second-order valence-electron chi connectivity index (χ2n) is 3.60. The van der Waals surface area contributed by atoms with Crippen molar-refractivity contribution in [3.63, 3.8) is 0 Å². The average Bonchev–Trinajstić information content (AvgIpc) is 2.69. The maximum Gasteiger partial charge on any atom is 0.120 e. The summed E-state index contributed by atoms with van der Waals surface area (Å²) in [4.78, 5) is 0. The molecule has 0 fully saturated rings. The van der Waals surface area contributed by atoms with E-state index in [2.05, 4.69) is 0 Å². The van der Waals surface area contributed by atoms with E-state index in [4.69, 9.17) is 5.73 Å². The van der Waals surface area contributed by atoms with E-state index in [1.54, 1.807) is 17.4 Å². The second-order valence-corrected chi connectivity index (χ2v) is 4.38. The highest BCUT2D eigenvalue weighted by Crippen LogP contribution is 2.29. The standard InChI is InChI=1S/C12H13NOS.ClH/c1-8-2-3-10(11(14)6-8)12(13)9-4-5-15-7-9;/h2-7,12,14H,13H2,1H3;1H/t12-;/m0./s1. The normalized spacial score (nSPS) is 11.9. The molecule has 2 nitrogen and oxygen atoms in total. The van der Waals surface area contributed by atoms with Crippen LogP contribution in [0.4, 0.5) is 0 Å². The summed E-state index contributed by atoms with van der Waals surface area (Å²) < 4.78 is 0. The zero-order valence-electron chi connectivity index (χ0n) is 8.88. The molecule has 0 saturated heterocycles. The maximum absolute atomic E-state index is 9.78. The van der Waals surface area contributed by atoms with Crippen molar-refractivity contribution in [3.05, 3.63) is 51.7 Å². The van der Waals surface area contributed by atoms with Gasteiger partial charge in [0.15, 0.2) is 0 Å². The Morgan fingerprint density at radius 1 is 1.31 bits per heavy atom. The van der Waals surface area contributed by atoms with Gasteiger partial charge in [0.2, 0.25) is 0 Å². The summed E-state index contributed by atoms with van der Waals surface area (Å²) in [7, 11) is 0. The molecule has 0 spiro atoms. The summed E-state index contributed by atoms with van der Waals surface area (Å²) in [5.41, 5.74) is 8.91. The number of phenolic OH excluding ortho intramolecular Hbond substituents is 1. The number of benzene rings is 1. The van der Waals surface area contributed by atoms with Crippen LogP contribution in [-0.4, -0.2) is 5.11 Å². The first kappa shape index (κ1) is 13.0. The van der Waals surface area contributed by atoms with Crippen LogP contribution in [0, 0.1) is 6.92 Å². The lowest BCUT2D eigenvalue weighted by atomic mass is 10.00. The van der Waals surface area contributed by atoms with E-state index in [0.29, 0.717) is 0 Å². The first-order valence-corrected chi connectivity index (χ1v) is 5.70. The predicted octanol–water partition coefficient (Wildman–Crippen LogP) is 3.23. The van der Waals surface area contributed by atoms with Crippen molar-refractivity contribution in [2.24, 2.45) is 5.73 Å². The Bertz CT molecular complexity index is 456. The van der Waals surface area contributed by atoms with Gasteiger partial charge in [-0.2, -0.15) is 11.3 Å². The summed E-state index contributed by atoms with van der Waals surface area (Å²) in [6.07, 6.45) is 0. The molecule has 0 radical (unpaired) electrons. The second kappa shape index (κ2) is 5.34. The molecule has 16 heavy (non-hydrogen) atoms. The molecule has 3 N–H and O–H groups in total.